The van der Waals surface area contributed by atoms with Crippen LogP contribution in [0, 0.1) is 6.92 Å². The molecule has 9 heteroatoms. The quantitative estimate of drug-likeness (QED) is 0.660. The predicted octanol–water partition coefficient (Wildman–Crippen LogP) is 5.06. The van der Waals surface area contributed by atoms with E-state index in [2.05, 4.69) is 19.7 Å². The molecule has 0 aliphatic heterocycles. The van der Waals surface area contributed by atoms with Crippen molar-refractivity contribution in [3.63, 3.8) is 0 Å². The van der Waals surface area contributed by atoms with E-state index in [4.69, 9.17) is 0 Å². The zero-order chi connectivity index (χ0) is 19.9. The van der Waals surface area contributed by atoms with E-state index in [0.717, 1.165) is 59.2 Å². The van der Waals surface area contributed by atoms with Gasteiger partial charge >= 0.3 is 6.18 Å². The van der Waals surface area contributed by atoms with Crippen LogP contribution in [0.2, 0.25) is 0 Å². The van der Waals surface area contributed by atoms with Crippen LogP contribution in [-0.4, -0.2) is 20.2 Å². The number of hydrogen-bond donors (Lipinski definition) is 1. The van der Waals surface area contributed by atoms with Gasteiger partial charge in [0.1, 0.15) is 10.6 Å². The number of halogens is 3. The van der Waals surface area contributed by atoms with E-state index in [1.807, 2.05) is 19.1 Å². The summed E-state index contributed by atoms with van der Waals surface area (Å²) in [6.07, 6.45) is 0.0669. The number of aromatic nitrogens is 3. The van der Waals surface area contributed by atoms with Gasteiger partial charge in [-0.2, -0.15) is 17.5 Å². The van der Waals surface area contributed by atoms with E-state index in [1.165, 1.54) is 6.07 Å². The van der Waals surface area contributed by atoms with Gasteiger partial charge in [0.2, 0.25) is 0 Å². The van der Waals surface area contributed by atoms with Crippen molar-refractivity contribution in [2.24, 2.45) is 0 Å². The number of carbonyl (C=O) groups excluding carboxylic acids is 1. The number of carbonyl (C=O) groups is 1. The van der Waals surface area contributed by atoms with Crippen molar-refractivity contribution >= 4 is 23.1 Å². The van der Waals surface area contributed by atoms with E-state index < -0.39 is 17.8 Å². The largest absolute Gasteiger partial charge is 0.433 e. The second-order valence-corrected chi connectivity index (χ2v) is 7.39. The summed E-state index contributed by atoms with van der Waals surface area (Å²) in [7, 11) is 0. The molecule has 1 saturated carbocycles. The Bertz CT molecular complexity index is 1040. The first-order valence-corrected chi connectivity index (χ1v) is 9.37. The lowest BCUT2D eigenvalue weighted by molar-refractivity contribution is -0.141. The van der Waals surface area contributed by atoms with Gasteiger partial charge in [-0.25, -0.2) is 0 Å². The van der Waals surface area contributed by atoms with Gasteiger partial charge in [0, 0.05) is 34.9 Å². The van der Waals surface area contributed by atoms with Crippen molar-refractivity contribution in [3.05, 3.63) is 58.5 Å². The first-order chi connectivity index (χ1) is 13.3. The van der Waals surface area contributed by atoms with E-state index in [1.54, 1.807) is 6.20 Å². The van der Waals surface area contributed by atoms with E-state index in [0.29, 0.717) is 4.88 Å². The number of rotatable bonds is 4. The van der Waals surface area contributed by atoms with Crippen LogP contribution in [-0.2, 0) is 6.18 Å². The molecular weight excluding hydrogens is 389 g/mol. The number of alkyl halides is 3. The third-order valence-electron chi connectivity index (χ3n) is 4.40. The van der Waals surface area contributed by atoms with Crippen LogP contribution in [0.25, 0.3) is 11.3 Å². The van der Waals surface area contributed by atoms with Gasteiger partial charge in [0.25, 0.3) is 5.91 Å². The lowest BCUT2D eigenvalue weighted by Crippen LogP contribution is -2.14. The Morgan fingerprint density at radius 1 is 1.18 bits per heavy atom. The highest BCUT2D eigenvalue weighted by Gasteiger charge is 2.35. The molecular formula is C19H15F3N4OS. The molecule has 0 aromatic carbocycles. The SMILES string of the molecule is Cc1cc(-c2nsc(C(=O)Nc3ccnc(C(F)(F)F)c3)c2C2CC2)ccn1. The summed E-state index contributed by atoms with van der Waals surface area (Å²) in [5.74, 6) is -0.220. The summed E-state index contributed by atoms with van der Waals surface area (Å²) in [6.45, 7) is 1.88. The van der Waals surface area contributed by atoms with Gasteiger partial charge in [0.05, 0.1) is 5.69 Å². The van der Waals surface area contributed by atoms with Crippen molar-refractivity contribution in [1.82, 2.24) is 14.3 Å². The van der Waals surface area contributed by atoms with Gasteiger partial charge in [-0.1, -0.05) is 0 Å². The highest BCUT2D eigenvalue weighted by Crippen LogP contribution is 2.47. The zero-order valence-electron chi connectivity index (χ0n) is 14.7. The Morgan fingerprint density at radius 3 is 2.61 bits per heavy atom. The Balaban J connectivity index is 1.66. The van der Waals surface area contributed by atoms with Gasteiger partial charge in [0.15, 0.2) is 0 Å². The van der Waals surface area contributed by atoms with Crippen molar-refractivity contribution in [3.8, 4) is 11.3 Å². The van der Waals surface area contributed by atoms with E-state index >= 15 is 0 Å². The fraction of sp³-hybridized carbons (Fsp3) is 0.263. The lowest BCUT2D eigenvalue weighted by atomic mass is 10.0. The molecule has 0 spiro atoms. The third-order valence-corrected chi connectivity index (χ3v) is 5.26. The number of anilines is 1. The fourth-order valence-corrected chi connectivity index (χ4v) is 3.85. The smallest absolute Gasteiger partial charge is 0.321 e. The molecule has 1 fully saturated rings. The minimum atomic E-state index is -4.57. The summed E-state index contributed by atoms with van der Waals surface area (Å²) in [5, 5.41) is 2.55. The van der Waals surface area contributed by atoms with E-state index in [9.17, 15) is 18.0 Å². The maximum Gasteiger partial charge on any atom is 0.433 e. The van der Waals surface area contributed by atoms with Gasteiger partial charge in [-0.05, 0) is 61.5 Å². The number of nitrogens with zero attached hydrogens (tertiary/aromatic N) is 3. The number of hydrogen-bond acceptors (Lipinski definition) is 5. The van der Waals surface area contributed by atoms with Crippen LogP contribution in [0.4, 0.5) is 18.9 Å². The summed E-state index contributed by atoms with van der Waals surface area (Å²) in [5.41, 5.74) is 2.32. The second-order valence-electron chi connectivity index (χ2n) is 6.62. The maximum absolute atomic E-state index is 12.8. The van der Waals surface area contributed by atoms with E-state index in [-0.39, 0.29) is 11.6 Å². The Hall–Kier alpha value is -2.81. The fourth-order valence-electron chi connectivity index (χ4n) is 2.96. The molecule has 0 bridgehead atoms. The molecule has 1 N–H and O–H groups in total. The molecule has 4 rings (SSSR count). The average molecular weight is 404 g/mol. The normalized spacial score (nSPS) is 14.1. The van der Waals surface area contributed by atoms with Gasteiger partial charge in [-0.3, -0.25) is 14.8 Å². The molecule has 0 saturated heterocycles. The van der Waals surface area contributed by atoms with Crippen LogP contribution in [0.3, 0.4) is 0 Å². The average Bonchev–Trinajstić information content (AvgIpc) is 3.39. The number of pyridine rings is 2. The molecule has 0 atom stereocenters. The van der Waals surface area contributed by atoms with Crippen molar-refractivity contribution in [2.45, 2.75) is 31.9 Å². The summed E-state index contributed by atoms with van der Waals surface area (Å²) in [6, 6.07) is 5.90. The summed E-state index contributed by atoms with van der Waals surface area (Å²) < 4.78 is 43.0. The number of aryl methyl sites for hydroxylation is 1. The van der Waals surface area contributed by atoms with Gasteiger partial charge in [-0.15, -0.1) is 0 Å². The molecule has 3 aromatic heterocycles. The molecule has 1 aliphatic rings. The monoisotopic (exact) mass is 404 g/mol. The van der Waals surface area contributed by atoms with Crippen molar-refractivity contribution < 1.29 is 18.0 Å². The number of nitrogens with one attached hydrogen (secondary N) is 1. The molecule has 1 aliphatic carbocycles. The molecule has 0 radical (unpaired) electrons. The Kier molecular flexibility index (Phi) is 4.62. The predicted molar refractivity (Wildman–Crippen MR) is 99.2 cm³/mol. The Morgan fingerprint density at radius 2 is 1.93 bits per heavy atom. The minimum absolute atomic E-state index is 0.0452. The number of amides is 1. The third kappa shape index (κ3) is 3.75. The molecule has 5 nitrogen and oxygen atoms in total. The van der Waals surface area contributed by atoms with Crippen LogP contribution in [0.1, 0.15) is 45.4 Å². The van der Waals surface area contributed by atoms with Gasteiger partial charge < -0.3 is 5.32 Å². The van der Waals surface area contributed by atoms with Crippen LogP contribution < -0.4 is 5.32 Å². The van der Waals surface area contributed by atoms with Crippen LogP contribution in [0.5, 0.6) is 0 Å². The summed E-state index contributed by atoms with van der Waals surface area (Å²) >= 11 is 1.06. The summed E-state index contributed by atoms with van der Waals surface area (Å²) in [4.78, 5) is 20.7. The molecule has 1 amide bonds. The molecule has 3 aromatic rings. The van der Waals surface area contributed by atoms with Crippen LogP contribution in [0.15, 0.2) is 36.7 Å². The Labute approximate surface area is 162 Å². The van der Waals surface area contributed by atoms with Crippen molar-refractivity contribution in [2.75, 3.05) is 5.32 Å². The molecule has 3 heterocycles. The first kappa shape index (κ1) is 18.5. The highest BCUT2D eigenvalue weighted by atomic mass is 32.1. The topological polar surface area (TPSA) is 67.8 Å². The van der Waals surface area contributed by atoms with Crippen molar-refractivity contribution in [1.29, 1.82) is 0 Å². The maximum atomic E-state index is 12.8. The molecule has 144 valence electrons. The highest BCUT2D eigenvalue weighted by molar-refractivity contribution is 7.08. The first-order valence-electron chi connectivity index (χ1n) is 8.60. The minimum Gasteiger partial charge on any atom is -0.321 e. The molecule has 0 unspecified atom stereocenters. The zero-order valence-corrected chi connectivity index (χ0v) is 15.6. The standard InChI is InChI=1S/C19H15F3N4OS/c1-10-8-12(4-6-23-10)16-15(11-2-3-11)17(28-26-16)18(27)25-13-5-7-24-14(9-13)19(20,21)22/h4-9,11H,2-3H2,1H3,(H,24,25,27). The molecule has 28 heavy (non-hydrogen) atoms. The van der Waals surface area contributed by atoms with Crippen LogP contribution >= 0.6 is 11.5 Å². The lowest BCUT2D eigenvalue weighted by Gasteiger charge is -2.09. The second kappa shape index (κ2) is 6.97.